The molecule has 2 N–H and O–H groups in total. The molecule has 2 heterocycles. The van der Waals surface area contributed by atoms with E-state index in [1.54, 1.807) is 11.3 Å². The molecular formula is C13H17N3O2S. The quantitative estimate of drug-likeness (QED) is 0.865. The van der Waals surface area contributed by atoms with Crippen molar-refractivity contribution >= 4 is 28.9 Å². The topological polar surface area (TPSA) is 70.6 Å². The molecule has 2 amide bonds. The van der Waals surface area contributed by atoms with Gasteiger partial charge in [-0.05, 0) is 17.9 Å². The van der Waals surface area contributed by atoms with Crippen LogP contribution >= 0.6 is 11.3 Å². The zero-order valence-corrected chi connectivity index (χ0v) is 11.6. The van der Waals surface area contributed by atoms with Crippen LogP contribution in [-0.2, 0) is 9.59 Å². The Bertz CT molecular complexity index is 482. The lowest BCUT2D eigenvalue weighted by Gasteiger charge is -2.18. The first-order chi connectivity index (χ1) is 9.20. The molecule has 102 valence electrons. The van der Waals surface area contributed by atoms with E-state index < -0.39 is 0 Å². The monoisotopic (exact) mass is 279 g/mol. The molecule has 1 atom stereocenters. The van der Waals surface area contributed by atoms with Crippen LogP contribution in [-0.4, -0.2) is 17.5 Å². The summed E-state index contributed by atoms with van der Waals surface area (Å²) in [6.45, 7) is 2.09. The van der Waals surface area contributed by atoms with Gasteiger partial charge in [-0.15, -0.1) is 11.3 Å². The molecule has 6 heteroatoms. The molecule has 2 rings (SSSR count). The van der Waals surface area contributed by atoms with E-state index in [9.17, 15) is 9.59 Å². The molecule has 1 aromatic rings. The summed E-state index contributed by atoms with van der Waals surface area (Å²) < 4.78 is 0. The van der Waals surface area contributed by atoms with Crippen LogP contribution in [0.25, 0.3) is 0 Å². The lowest BCUT2D eigenvalue weighted by atomic mass is 10.1. The van der Waals surface area contributed by atoms with Gasteiger partial charge in [0, 0.05) is 17.7 Å². The molecule has 0 radical (unpaired) electrons. The second-order valence-corrected chi connectivity index (χ2v) is 5.40. The van der Waals surface area contributed by atoms with Crippen LogP contribution in [0.15, 0.2) is 22.6 Å². The van der Waals surface area contributed by atoms with Crippen LogP contribution in [0, 0.1) is 0 Å². The molecule has 1 aliphatic heterocycles. The van der Waals surface area contributed by atoms with Crippen LogP contribution in [0.4, 0.5) is 0 Å². The van der Waals surface area contributed by atoms with E-state index in [0.717, 1.165) is 17.7 Å². The molecule has 0 saturated carbocycles. The van der Waals surface area contributed by atoms with Gasteiger partial charge in [0.1, 0.15) is 5.71 Å². The lowest BCUT2D eigenvalue weighted by molar-refractivity contribution is -0.121. The Kier molecular flexibility index (Phi) is 4.68. The van der Waals surface area contributed by atoms with Gasteiger partial charge >= 0.3 is 0 Å². The molecule has 1 aromatic heterocycles. The number of hydrogen-bond donors (Lipinski definition) is 2. The number of carbonyl (C=O) groups excluding carboxylic acids is 2. The maximum Gasteiger partial charge on any atom is 0.268 e. The minimum absolute atomic E-state index is 0.0258. The van der Waals surface area contributed by atoms with Crippen molar-refractivity contribution in [1.29, 1.82) is 0 Å². The van der Waals surface area contributed by atoms with Crippen molar-refractivity contribution in [2.45, 2.75) is 38.6 Å². The summed E-state index contributed by atoms with van der Waals surface area (Å²) in [5.41, 5.74) is 2.74. The number of carbonyl (C=O) groups is 2. The zero-order chi connectivity index (χ0) is 13.7. The standard InChI is InChI=1S/C13H17N3O2S/c1-2-4-9(11-5-3-8-19-11)14-13(18)10-6-7-12(17)16-15-10/h3,5,8-9H,2,4,6-7H2,1H3,(H,14,18)(H,16,17). The number of nitrogens with one attached hydrogen (secondary N) is 2. The Morgan fingerprint density at radius 2 is 2.42 bits per heavy atom. The molecule has 0 spiro atoms. The largest absolute Gasteiger partial charge is 0.343 e. The molecule has 0 fully saturated rings. The van der Waals surface area contributed by atoms with Gasteiger partial charge in [0.2, 0.25) is 5.91 Å². The van der Waals surface area contributed by atoms with Crippen LogP contribution < -0.4 is 10.7 Å². The third kappa shape index (κ3) is 3.64. The molecule has 5 nitrogen and oxygen atoms in total. The SMILES string of the molecule is CCCC(NC(=O)C1=NNC(=O)CC1)c1cccs1. The number of nitrogens with zero attached hydrogens (tertiary/aromatic N) is 1. The average molecular weight is 279 g/mol. The lowest BCUT2D eigenvalue weighted by Crippen LogP contribution is -2.38. The van der Waals surface area contributed by atoms with Crippen molar-refractivity contribution in [3.8, 4) is 0 Å². The minimum Gasteiger partial charge on any atom is -0.343 e. The number of hydrazone groups is 1. The van der Waals surface area contributed by atoms with Gasteiger partial charge in [-0.3, -0.25) is 9.59 Å². The van der Waals surface area contributed by atoms with Crippen molar-refractivity contribution in [1.82, 2.24) is 10.7 Å². The maximum absolute atomic E-state index is 12.1. The van der Waals surface area contributed by atoms with E-state index in [1.807, 2.05) is 17.5 Å². The fourth-order valence-corrected chi connectivity index (χ4v) is 2.76. The summed E-state index contributed by atoms with van der Waals surface area (Å²) in [4.78, 5) is 24.2. The summed E-state index contributed by atoms with van der Waals surface area (Å²) in [6.07, 6.45) is 2.61. The van der Waals surface area contributed by atoms with Crippen molar-refractivity contribution in [3.63, 3.8) is 0 Å². The van der Waals surface area contributed by atoms with E-state index >= 15 is 0 Å². The highest BCUT2D eigenvalue weighted by molar-refractivity contribution is 7.10. The summed E-state index contributed by atoms with van der Waals surface area (Å²) in [7, 11) is 0. The van der Waals surface area contributed by atoms with Crippen LogP contribution in [0.5, 0.6) is 0 Å². The fraction of sp³-hybridized carbons (Fsp3) is 0.462. The van der Waals surface area contributed by atoms with E-state index in [0.29, 0.717) is 18.6 Å². The highest BCUT2D eigenvalue weighted by atomic mass is 32.1. The maximum atomic E-state index is 12.1. The normalized spacial score (nSPS) is 16.5. The van der Waals surface area contributed by atoms with E-state index in [2.05, 4.69) is 22.8 Å². The van der Waals surface area contributed by atoms with Crippen molar-refractivity contribution in [2.75, 3.05) is 0 Å². The fourth-order valence-electron chi connectivity index (χ4n) is 1.94. The number of thiophene rings is 1. The molecule has 0 saturated heterocycles. The van der Waals surface area contributed by atoms with Crippen molar-refractivity contribution < 1.29 is 9.59 Å². The van der Waals surface area contributed by atoms with E-state index in [-0.39, 0.29) is 17.9 Å². The Labute approximate surface area is 116 Å². The second kappa shape index (κ2) is 6.47. The minimum atomic E-state index is -0.188. The first-order valence-electron chi connectivity index (χ1n) is 6.40. The average Bonchev–Trinajstić information content (AvgIpc) is 2.92. The predicted octanol–water partition coefficient (Wildman–Crippen LogP) is 1.97. The van der Waals surface area contributed by atoms with Crippen LogP contribution in [0.2, 0.25) is 0 Å². The highest BCUT2D eigenvalue weighted by Gasteiger charge is 2.21. The number of amides is 2. The zero-order valence-electron chi connectivity index (χ0n) is 10.8. The molecule has 0 aromatic carbocycles. The number of rotatable bonds is 5. The molecule has 1 aliphatic rings. The van der Waals surface area contributed by atoms with Gasteiger partial charge < -0.3 is 5.32 Å². The first kappa shape index (κ1) is 13.7. The smallest absolute Gasteiger partial charge is 0.268 e. The third-order valence-electron chi connectivity index (χ3n) is 2.94. The van der Waals surface area contributed by atoms with Crippen LogP contribution in [0.3, 0.4) is 0 Å². The summed E-state index contributed by atoms with van der Waals surface area (Å²) >= 11 is 1.64. The Morgan fingerprint density at radius 3 is 3.00 bits per heavy atom. The van der Waals surface area contributed by atoms with Gasteiger partial charge in [-0.2, -0.15) is 5.10 Å². The van der Waals surface area contributed by atoms with Gasteiger partial charge in [0.15, 0.2) is 0 Å². The summed E-state index contributed by atoms with van der Waals surface area (Å²) in [5, 5.41) is 8.81. The van der Waals surface area contributed by atoms with Crippen molar-refractivity contribution in [2.24, 2.45) is 5.10 Å². The second-order valence-electron chi connectivity index (χ2n) is 4.42. The highest BCUT2D eigenvalue weighted by Crippen LogP contribution is 2.23. The van der Waals surface area contributed by atoms with Gasteiger partial charge in [0.05, 0.1) is 6.04 Å². The molecule has 0 bridgehead atoms. The Morgan fingerprint density at radius 1 is 1.58 bits per heavy atom. The Hall–Kier alpha value is -1.69. The van der Waals surface area contributed by atoms with Gasteiger partial charge in [-0.1, -0.05) is 19.4 Å². The first-order valence-corrected chi connectivity index (χ1v) is 7.28. The van der Waals surface area contributed by atoms with Gasteiger partial charge in [0.25, 0.3) is 5.91 Å². The summed E-state index contributed by atoms with van der Waals surface area (Å²) in [6, 6.07) is 4.03. The van der Waals surface area contributed by atoms with Crippen molar-refractivity contribution in [3.05, 3.63) is 22.4 Å². The predicted molar refractivity (Wildman–Crippen MR) is 74.9 cm³/mol. The van der Waals surface area contributed by atoms with E-state index in [1.165, 1.54) is 0 Å². The Balaban J connectivity index is 2.01. The molecular weight excluding hydrogens is 262 g/mol. The van der Waals surface area contributed by atoms with E-state index in [4.69, 9.17) is 0 Å². The van der Waals surface area contributed by atoms with Crippen LogP contribution in [0.1, 0.15) is 43.5 Å². The third-order valence-corrected chi connectivity index (χ3v) is 3.92. The molecule has 0 aliphatic carbocycles. The molecule has 19 heavy (non-hydrogen) atoms. The number of hydrogen-bond acceptors (Lipinski definition) is 4. The summed E-state index contributed by atoms with van der Waals surface area (Å²) in [5.74, 6) is -0.327. The van der Waals surface area contributed by atoms with Gasteiger partial charge in [-0.25, -0.2) is 5.43 Å². The molecule has 1 unspecified atom stereocenters.